The molecule has 0 aromatic rings. The standard InChI is InChI=1S/C5H7OS/c1-3-5(6)4(2)7/h3-4,7H,1-2H2. The summed E-state index contributed by atoms with van der Waals surface area (Å²) in [6, 6.07) is 0. The van der Waals surface area contributed by atoms with Gasteiger partial charge in [-0.25, -0.2) is 0 Å². The van der Waals surface area contributed by atoms with Crippen molar-refractivity contribution in [2.45, 2.75) is 5.25 Å². The van der Waals surface area contributed by atoms with Crippen LogP contribution in [0.2, 0.25) is 0 Å². The van der Waals surface area contributed by atoms with E-state index < -0.39 is 5.25 Å². The highest BCUT2D eigenvalue weighted by Crippen LogP contribution is 1.92. The minimum Gasteiger partial charge on any atom is -0.294 e. The Morgan fingerprint density at radius 3 is 2.29 bits per heavy atom. The normalized spacial score (nSPS) is 12.9. The molecule has 0 N–H and O–H groups in total. The molecule has 1 nitrogen and oxygen atoms in total. The largest absolute Gasteiger partial charge is 0.294 e. The van der Waals surface area contributed by atoms with Crippen LogP contribution in [-0.2, 0) is 4.79 Å². The van der Waals surface area contributed by atoms with Crippen LogP contribution in [0, 0.1) is 6.92 Å². The van der Waals surface area contributed by atoms with Crippen molar-refractivity contribution in [3.63, 3.8) is 0 Å². The molecule has 0 amide bonds. The predicted molar refractivity (Wildman–Crippen MR) is 33.3 cm³/mol. The third kappa shape index (κ3) is 2.45. The first-order valence-corrected chi connectivity index (χ1v) is 2.37. The fourth-order valence-corrected chi connectivity index (χ4v) is 0.241. The van der Waals surface area contributed by atoms with Crippen molar-refractivity contribution >= 4 is 18.4 Å². The molecule has 0 aromatic heterocycles. The second-order valence-corrected chi connectivity index (χ2v) is 1.75. The molecule has 1 radical (unpaired) electrons. The molecule has 0 aliphatic rings. The van der Waals surface area contributed by atoms with E-state index in [2.05, 4.69) is 26.1 Å². The van der Waals surface area contributed by atoms with Gasteiger partial charge in [-0.3, -0.25) is 4.79 Å². The van der Waals surface area contributed by atoms with Gasteiger partial charge in [0, 0.05) is 0 Å². The number of carbonyl (C=O) groups is 1. The fraction of sp³-hybridized carbons (Fsp3) is 0.200. The number of thiol groups is 1. The lowest BCUT2D eigenvalue weighted by Gasteiger charge is -1.91. The van der Waals surface area contributed by atoms with Crippen LogP contribution in [0.3, 0.4) is 0 Å². The van der Waals surface area contributed by atoms with Crippen molar-refractivity contribution in [3.8, 4) is 0 Å². The summed E-state index contributed by atoms with van der Waals surface area (Å²) >= 11 is 3.74. The van der Waals surface area contributed by atoms with E-state index in [-0.39, 0.29) is 5.78 Å². The van der Waals surface area contributed by atoms with Gasteiger partial charge in [0.15, 0.2) is 5.78 Å². The Bertz CT molecular complexity index is 86.1. The number of ketones is 1. The number of hydrogen-bond donors (Lipinski definition) is 1. The lowest BCUT2D eigenvalue weighted by Crippen LogP contribution is -2.05. The van der Waals surface area contributed by atoms with Crippen LogP contribution in [0.25, 0.3) is 0 Å². The van der Waals surface area contributed by atoms with Crippen LogP contribution in [0.1, 0.15) is 0 Å². The number of hydrogen-bond acceptors (Lipinski definition) is 2. The first-order valence-electron chi connectivity index (χ1n) is 1.86. The van der Waals surface area contributed by atoms with E-state index in [1.165, 1.54) is 6.08 Å². The summed E-state index contributed by atoms with van der Waals surface area (Å²) in [6.45, 7) is 6.60. The Balaban J connectivity index is 3.56. The Kier molecular flexibility index (Phi) is 2.76. The van der Waals surface area contributed by atoms with Gasteiger partial charge < -0.3 is 0 Å². The lowest BCUT2D eigenvalue weighted by molar-refractivity contribution is -0.113. The molecule has 1 unspecified atom stereocenters. The third-order valence-corrected chi connectivity index (χ3v) is 0.784. The molecule has 0 aromatic carbocycles. The Hall–Kier alpha value is -0.240. The highest BCUT2D eigenvalue weighted by molar-refractivity contribution is 7.82. The summed E-state index contributed by atoms with van der Waals surface area (Å²) in [6.07, 6.45) is 1.21. The van der Waals surface area contributed by atoms with E-state index in [1.807, 2.05) is 0 Å². The molecule has 0 aliphatic heterocycles. The van der Waals surface area contributed by atoms with Crippen molar-refractivity contribution < 1.29 is 4.79 Å². The molecular weight excluding hydrogens is 108 g/mol. The van der Waals surface area contributed by atoms with E-state index in [0.29, 0.717) is 0 Å². The van der Waals surface area contributed by atoms with Gasteiger partial charge in [-0.2, -0.15) is 12.6 Å². The molecule has 0 spiro atoms. The zero-order valence-corrected chi connectivity index (χ0v) is 4.82. The van der Waals surface area contributed by atoms with Gasteiger partial charge in [0.1, 0.15) is 0 Å². The van der Waals surface area contributed by atoms with Crippen LogP contribution >= 0.6 is 12.6 Å². The van der Waals surface area contributed by atoms with Gasteiger partial charge in [-0.05, 0) is 13.0 Å². The molecule has 0 saturated carbocycles. The van der Waals surface area contributed by atoms with Crippen molar-refractivity contribution in [1.82, 2.24) is 0 Å². The van der Waals surface area contributed by atoms with Crippen LogP contribution in [-0.4, -0.2) is 11.0 Å². The lowest BCUT2D eigenvalue weighted by atomic mass is 10.3. The third-order valence-electron chi connectivity index (χ3n) is 0.530. The summed E-state index contributed by atoms with van der Waals surface area (Å²) in [7, 11) is 0. The highest BCUT2D eigenvalue weighted by Gasteiger charge is 1.99. The Morgan fingerprint density at radius 1 is 1.86 bits per heavy atom. The van der Waals surface area contributed by atoms with E-state index in [0.717, 1.165) is 0 Å². The molecule has 0 saturated heterocycles. The Morgan fingerprint density at radius 2 is 2.29 bits per heavy atom. The van der Waals surface area contributed by atoms with E-state index >= 15 is 0 Å². The van der Waals surface area contributed by atoms with Crippen LogP contribution in [0.15, 0.2) is 12.7 Å². The van der Waals surface area contributed by atoms with Crippen LogP contribution in [0.5, 0.6) is 0 Å². The van der Waals surface area contributed by atoms with Crippen molar-refractivity contribution in [2.24, 2.45) is 0 Å². The van der Waals surface area contributed by atoms with E-state index in [9.17, 15) is 4.79 Å². The maximum Gasteiger partial charge on any atom is 0.167 e. The van der Waals surface area contributed by atoms with Crippen LogP contribution in [0.4, 0.5) is 0 Å². The van der Waals surface area contributed by atoms with Gasteiger partial charge >= 0.3 is 0 Å². The van der Waals surface area contributed by atoms with Crippen molar-refractivity contribution in [1.29, 1.82) is 0 Å². The number of allylic oxidation sites excluding steroid dienone is 1. The second kappa shape index (κ2) is 2.86. The van der Waals surface area contributed by atoms with Crippen molar-refractivity contribution in [2.75, 3.05) is 0 Å². The molecule has 1 atom stereocenters. The number of carbonyl (C=O) groups excluding carboxylic acids is 1. The molecule has 0 heterocycles. The molecular formula is C5H7OS. The molecule has 0 fully saturated rings. The molecule has 7 heavy (non-hydrogen) atoms. The van der Waals surface area contributed by atoms with E-state index in [4.69, 9.17) is 0 Å². The fourth-order valence-electron chi connectivity index (χ4n) is 0.136. The van der Waals surface area contributed by atoms with Gasteiger partial charge in [0.2, 0.25) is 0 Å². The molecule has 0 rings (SSSR count). The predicted octanol–water partition coefficient (Wildman–Crippen LogP) is 0.874. The molecule has 39 valence electrons. The van der Waals surface area contributed by atoms with Gasteiger partial charge in [0.25, 0.3) is 0 Å². The minimum atomic E-state index is -0.447. The molecule has 0 aliphatic carbocycles. The summed E-state index contributed by atoms with van der Waals surface area (Å²) in [5.41, 5.74) is 0. The minimum absolute atomic E-state index is 0.136. The highest BCUT2D eigenvalue weighted by atomic mass is 32.1. The van der Waals surface area contributed by atoms with Crippen molar-refractivity contribution in [3.05, 3.63) is 19.6 Å². The SMILES string of the molecule is [CH2]C(S)C(=O)C=C. The first-order chi connectivity index (χ1) is 3.18. The van der Waals surface area contributed by atoms with Gasteiger partial charge in [-0.15, -0.1) is 0 Å². The second-order valence-electron chi connectivity index (χ2n) is 1.12. The monoisotopic (exact) mass is 115 g/mol. The smallest absolute Gasteiger partial charge is 0.167 e. The average molecular weight is 115 g/mol. The summed E-state index contributed by atoms with van der Waals surface area (Å²) in [5, 5.41) is -0.447. The summed E-state index contributed by atoms with van der Waals surface area (Å²) < 4.78 is 0. The maximum atomic E-state index is 10.3. The van der Waals surface area contributed by atoms with Gasteiger partial charge in [-0.1, -0.05) is 6.58 Å². The topological polar surface area (TPSA) is 17.1 Å². The maximum absolute atomic E-state index is 10.3. The zero-order chi connectivity index (χ0) is 5.86. The summed E-state index contributed by atoms with van der Waals surface area (Å²) in [4.78, 5) is 10.3. The quantitative estimate of drug-likeness (QED) is 0.417. The summed E-state index contributed by atoms with van der Waals surface area (Å²) in [5.74, 6) is -0.136. The van der Waals surface area contributed by atoms with Gasteiger partial charge in [0.05, 0.1) is 5.25 Å². The molecule has 2 heteroatoms. The Labute approximate surface area is 48.8 Å². The average Bonchev–Trinajstić information content (AvgIpc) is 1.65. The first kappa shape index (κ1) is 6.76. The van der Waals surface area contributed by atoms with Crippen LogP contribution < -0.4 is 0 Å². The van der Waals surface area contributed by atoms with E-state index in [1.54, 1.807) is 0 Å². The number of rotatable bonds is 2. The zero-order valence-electron chi connectivity index (χ0n) is 3.92. The molecule has 0 bridgehead atoms.